The molecule has 64 valence electrons. The Kier molecular flexibility index (Phi) is 2.84. The van der Waals surface area contributed by atoms with Gasteiger partial charge >= 0.3 is 0 Å². The number of hydrogen-bond acceptors (Lipinski definition) is 2. The molecule has 0 radical (unpaired) electrons. The predicted molar refractivity (Wildman–Crippen MR) is 45.4 cm³/mol. The second-order valence-electron chi connectivity index (χ2n) is 2.37. The molecule has 0 amide bonds. The van der Waals surface area contributed by atoms with Gasteiger partial charge in [-0.15, -0.1) is 0 Å². The molecule has 0 fully saturated rings. The van der Waals surface area contributed by atoms with Crippen molar-refractivity contribution in [2.24, 2.45) is 0 Å². The monoisotopic (exact) mass is 194 g/mol. The molecule has 13 heavy (non-hydrogen) atoms. The van der Waals surface area contributed by atoms with Crippen molar-refractivity contribution in [2.45, 2.75) is 6.42 Å². The van der Waals surface area contributed by atoms with Gasteiger partial charge in [-0.2, -0.15) is 10.5 Å². The van der Waals surface area contributed by atoms with E-state index in [2.05, 4.69) is 0 Å². The minimum atomic E-state index is -0.567. The molecule has 0 heterocycles. The summed E-state index contributed by atoms with van der Waals surface area (Å²) in [5, 5.41) is 17.0. The van der Waals surface area contributed by atoms with E-state index in [1.807, 2.05) is 6.07 Å². The zero-order chi connectivity index (χ0) is 9.84. The van der Waals surface area contributed by atoms with E-state index in [0.29, 0.717) is 0 Å². The minimum absolute atomic E-state index is 0.0444. The van der Waals surface area contributed by atoms with Crippen LogP contribution < -0.4 is 0 Å². The highest BCUT2D eigenvalue weighted by Crippen LogP contribution is 2.20. The van der Waals surface area contributed by atoms with Crippen molar-refractivity contribution >= 4 is 11.6 Å². The summed E-state index contributed by atoms with van der Waals surface area (Å²) in [7, 11) is 0. The van der Waals surface area contributed by atoms with Crippen molar-refractivity contribution in [3.8, 4) is 12.1 Å². The van der Waals surface area contributed by atoms with Crippen LogP contribution in [0.3, 0.4) is 0 Å². The maximum atomic E-state index is 13.0. The molecule has 0 spiro atoms. The van der Waals surface area contributed by atoms with Crippen molar-refractivity contribution in [2.75, 3.05) is 0 Å². The normalized spacial score (nSPS) is 8.92. The summed E-state index contributed by atoms with van der Waals surface area (Å²) in [5.41, 5.74) is 0.298. The van der Waals surface area contributed by atoms with Crippen LogP contribution in [0.15, 0.2) is 12.1 Å². The summed E-state index contributed by atoms with van der Waals surface area (Å²) in [4.78, 5) is 0. The molecule has 4 heteroatoms. The Bertz CT molecular complexity index is 415. The maximum absolute atomic E-state index is 13.0. The second-order valence-corrected chi connectivity index (χ2v) is 2.78. The zero-order valence-electron chi connectivity index (χ0n) is 6.51. The van der Waals surface area contributed by atoms with Crippen LogP contribution in [-0.2, 0) is 6.42 Å². The maximum Gasteiger partial charge on any atom is 0.128 e. The smallest absolute Gasteiger partial charge is 0.128 e. The number of halogens is 2. The lowest BCUT2D eigenvalue weighted by molar-refractivity contribution is 0.615. The fourth-order valence-corrected chi connectivity index (χ4v) is 1.12. The van der Waals surface area contributed by atoms with Gasteiger partial charge in [0.05, 0.1) is 23.1 Å². The van der Waals surface area contributed by atoms with Gasteiger partial charge in [-0.1, -0.05) is 11.6 Å². The number of rotatable bonds is 1. The molecule has 0 saturated heterocycles. The van der Waals surface area contributed by atoms with Crippen LogP contribution in [0.2, 0.25) is 5.02 Å². The van der Waals surface area contributed by atoms with E-state index in [9.17, 15) is 4.39 Å². The summed E-state index contributed by atoms with van der Waals surface area (Å²) in [6, 6.07) is 5.90. The van der Waals surface area contributed by atoms with E-state index in [0.717, 1.165) is 6.07 Å². The lowest BCUT2D eigenvalue weighted by atomic mass is 10.1. The summed E-state index contributed by atoms with van der Waals surface area (Å²) < 4.78 is 13.0. The Morgan fingerprint density at radius 2 is 2.08 bits per heavy atom. The van der Waals surface area contributed by atoms with E-state index >= 15 is 0 Å². The molecule has 1 aromatic rings. The number of nitrogens with zero attached hydrogens (tertiary/aromatic N) is 2. The Labute approximate surface area is 79.8 Å². The average Bonchev–Trinajstić information content (AvgIpc) is 2.11. The molecule has 0 aromatic heterocycles. The van der Waals surface area contributed by atoms with Gasteiger partial charge < -0.3 is 0 Å². The minimum Gasteiger partial charge on any atom is -0.207 e. The largest absolute Gasteiger partial charge is 0.207 e. The SMILES string of the molecule is N#CCc1cc(Cl)c(C#N)cc1F. The highest BCUT2D eigenvalue weighted by Gasteiger charge is 2.07. The van der Waals surface area contributed by atoms with Crippen LogP contribution in [0, 0.1) is 28.5 Å². The molecule has 0 N–H and O–H groups in total. The van der Waals surface area contributed by atoms with Crippen LogP contribution in [0.5, 0.6) is 0 Å². The van der Waals surface area contributed by atoms with E-state index in [1.165, 1.54) is 6.07 Å². The number of nitriles is 2. The molecule has 1 aromatic carbocycles. The summed E-state index contributed by atoms with van der Waals surface area (Å²) >= 11 is 5.64. The lowest BCUT2D eigenvalue weighted by Gasteiger charge is -2.00. The van der Waals surface area contributed by atoms with Crippen molar-refractivity contribution in [3.63, 3.8) is 0 Å². The quantitative estimate of drug-likeness (QED) is 0.689. The van der Waals surface area contributed by atoms with Gasteiger partial charge in [-0.05, 0) is 12.1 Å². The van der Waals surface area contributed by atoms with E-state index < -0.39 is 5.82 Å². The molecule has 2 nitrogen and oxygen atoms in total. The third kappa shape index (κ3) is 1.96. The Hall–Kier alpha value is -1.58. The first-order valence-corrected chi connectivity index (χ1v) is 3.81. The van der Waals surface area contributed by atoms with E-state index in [4.69, 9.17) is 22.1 Å². The molecule has 1 rings (SSSR count). The van der Waals surface area contributed by atoms with Gasteiger partial charge in [0, 0.05) is 5.56 Å². The van der Waals surface area contributed by atoms with Crippen LogP contribution in [0.25, 0.3) is 0 Å². The first kappa shape index (κ1) is 9.51. The predicted octanol–water partition coefficient (Wildman–Crippen LogP) is 2.42. The van der Waals surface area contributed by atoms with Crippen LogP contribution in [0.1, 0.15) is 11.1 Å². The van der Waals surface area contributed by atoms with Crippen molar-refractivity contribution in [3.05, 3.63) is 34.1 Å². The molecule has 0 unspecified atom stereocenters. The van der Waals surface area contributed by atoms with Gasteiger partial charge in [0.1, 0.15) is 11.9 Å². The van der Waals surface area contributed by atoms with Gasteiger partial charge in [-0.25, -0.2) is 4.39 Å². The second kappa shape index (κ2) is 3.89. The van der Waals surface area contributed by atoms with E-state index in [1.54, 1.807) is 6.07 Å². The standard InChI is InChI=1S/C9H4ClFN2/c10-8-3-6(1-2-12)9(11)4-7(8)5-13/h3-4H,1H2. The Morgan fingerprint density at radius 3 is 2.62 bits per heavy atom. The molecule has 0 atom stereocenters. The number of hydrogen-bond donors (Lipinski definition) is 0. The molecular weight excluding hydrogens is 191 g/mol. The fraction of sp³-hybridized carbons (Fsp3) is 0.111. The Balaban J connectivity index is 3.24. The van der Waals surface area contributed by atoms with Crippen molar-refractivity contribution < 1.29 is 4.39 Å². The van der Waals surface area contributed by atoms with Gasteiger partial charge in [0.2, 0.25) is 0 Å². The van der Waals surface area contributed by atoms with Crippen molar-refractivity contribution in [1.29, 1.82) is 10.5 Å². The third-order valence-electron chi connectivity index (χ3n) is 1.53. The van der Waals surface area contributed by atoms with Crippen LogP contribution in [-0.4, -0.2) is 0 Å². The summed E-state index contributed by atoms with van der Waals surface area (Å²) in [6.45, 7) is 0. The fourth-order valence-electron chi connectivity index (χ4n) is 0.894. The molecule has 0 aliphatic heterocycles. The molecule has 0 aliphatic rings. The number of benzene rings is 1. The van der Waals surface area contributed by atoms with E-state index in [-0.39, 0.29) is 22.6 Å². The molecule has 0 bridgehead atoms. The highest BCUT2D eigenvalue weighted by atomic mass is 35.5. The lowest BCUT2D eigenvalue weighted by Crippen LogP contribution is -1.90. The first-order valence-electron chi connectivity index (χ1n) is 3.44. The topological polar surface area (TPSA) is 47.6 Å². The van der Waals surface area contributed by atoms with Gasteiger partial charge in [0.15, 0.2) is 0 Å². The van der Waals surface area contributed by atoms with Gasteiger partial charge in [-0.3, -0.25) is 0 Å². The molecule has 0 aliphatic carbocycles. The first-order chi connectivity index (χ1) is 6.19. The summed E-state index contributed by atoms with van der Waals surface area (Å²) in [6.07, 6.45) is -0.0444. The zero-order valence-corrected chi connectivity index (χ0v) is 7.27. The van der Waals surface area contributed by atoms with Crippen LogP contribution in [0.4, 0.5) is 4.39 Å². The van der Waals surface area contributed by atoms with Gasteiger partial charge in [0.25, 0.3) is 0 Å². The molecular formula is C9H4ClFN2. The summed E-state index contributed by atoms with van der Waals surface area (Å²) in [5.74, 6) is -0.567. The average molecular weight is 195 g/mol. The third-order valence-corrected chi connectivity index (χ3v) is 1.84. The Morgan fingerprint density at radius 1 is 1.38 bits per heavy atom. The van der Waals surface area contributed by atoms with Crippen molar-refractivity contribution in [1.82, 2.24) is 0 Å². The molecule has 0 saturated carbocycles. The van der Waals surface area contributed by atoms with Crippen LogP contribution >= 0.6 is 11.6 Å². The highest BCUT2D eigenvalue weighted by molar-refractivity contribution is 6.31.